The first-order valence-corrected chi connectivity index (χ1v) is 15.1. The molecule has 0 atom stereocenters. The summed E-state index contributed by atoms with van der Waals surface area (Å²) < 4.78 is 17.6. The number of nitrogens with zero attached hydrogens (tertiary/aromatic N) is 3. The van der Waals surface area contributed by atoms with E-state index in [-0.39, 0.29) is 0 Å². The van der Waals surface area contributed by atoms with E-state index >= 15 is 0 Å². The summed E-state index contributed by atoms with van der Waals surface area (Å²) >= 11 is 0. The Morgan fingerprint density at radius 1 is 0.698 bits per heavy atom. The minimum atomic E-state index is 0.352. The Kier molecular flexibility index (Phi) is 5.58. The number of pyridine rings is 1. The Bertz CT molecular complexity index is 2360. The van der Waals surface area contributed by atoms with Crippen molar-refractivity contribution in [2.45, 2.75) is 46.5 Å². The second kappa shape index (κ2) is 9.30. The molecule has 0 bridgehead atoms. The maximum Gasteiger partial charge on any atom is 0.299 e. The summed E-state index contributed by atoms with van der Waals surface area (Å²) in [6, 6.07) is 30.1. The Labute approximate surface area is 250 Å². The molecular weight excluding hydrogens is 530 g/mol. The lowest BCUT2D eigenvalue weighted by molar-refractivity contribution is -0.633. The third kappa shape index (κ3) is 3.64. The number of furan rings is 2. The molecule has 0 unspecified atom stereocenters. The van der Waals surface area contributed by atoms with E-state index in [1.165, 1.54) is 27.8 Å². The van der Waals surface area contributed by atoms with Gasteiger partial charge in [-0.2, -0.15) is 9.55 Å². The van der Waals surface area contributed by atoms with E-state index in [1.54, 1.807) is 0 Å². The van der Waals surface area contributed by atoms with Crippen molar-refractivity contribution in [2.24, 2.45) is 7.05 Å². The Morgan fingerprint density at radius 2 is 1.37 bits per heavy atom. The van der Waals surface area contributed by atoms with Crippen molar-refractivity contribution in [3.05, 3.63) is 102 Å². The monoisotopic (exact) mass is 564 g/mol. The Morgan fingerprint density at radius 3 is 2.14 bits per heavy atom. The van der Waals surface area contributed by atoms with Crippen molar-refractivity contribution in [1.29, 1.82) is 0 Å². The molecule has 0 saturated carbocycles. The lowest BCUT2D eigenvalue weighted by Gasteiger charge is -2.18. The van der Waals surface area contributed by atoms with Gasteiger partial charge in [0.1, 0.15) is 16.8 Å². The van der Waals surface area contributed by atoms with E-state index in [0.29, 0.717) is 23.3 Å². The van der Waals surface area contributed by atoms with E-state index in [1.807, 2.05) is 18.2 Å². The van der Waals surface area contributed by atoms with E-state index in [4.69, 9.17) is 13.8 Å². The second-order valence-corrected chi connectivity index (χ2v) is 12.3. The third-order valence-electron chi connectivity index (χ3n) is 8.99. The molecule has 0 aliphatic rings. The van der Waals surface area contributed by atoms with E-state index < -0.39 is 0 Å². The van der Waals surface area contributed by atoms with Crippen LogP contribution in [0.2, 0.25) is 0 Å². The normalized spacial score (nSPS) is 12.4. The average molecular weight is 565 g/mol. The minimum Gasteiger partial charge on any atom is -0.438 e. The fourth-order valence-corrected chi connectivity index (χ4v) is 6.87. The number of fused-ring (bicyclic) bond motifs is 7. The fraction of sp³-hybridized carbons (Fsp3) is 0.211. The molecule has 0 saturated heterocycles. The second-order valence-electron chi connectivity index (χ2n) is 12.3. The molecule has 8 aromatic rings. The molecule has 5 heteroatoms. The number of rotatable bonds is 4. The van der Waals surface area contributed by atoms with Crippen LogP contribution in [0.25, 0.3) is 72.2 Å². The summed E-state index contributed by atoms with van der Waals surface area (Å²) in [6.45, 7) is 11.3. The Hall–Kier alpha value is -4.90. The van der Waals surface area contributed by atoms with Gasteiger partial charge in [-0.15, -0.1) is 0 Å². The minimum absolute atomic E-state index is 0.352. The van der Waals surface area contributed by atoms with Crippen molar-refractivity contribution >= 4 is 55.2 Å². The van der Waals surface area contributed by atoms with Gasteiger partial charge in [-0.05, 0) is 48.6 Å². The molecule has 8 rings (SSSR count). The maximum atomic E-state index is 6.72. The Balaban J connectivity index is 1.52. The van der Waals surface area contributed by atoms with Crippen LogP contribution >= 0.6 is 0 Å². The van der Waals surface area contributed by atoms with Gasteiger partial charge in [0, 0.05) is 32.7 Å². The molecule has 0 radical (unpaired) electrons. The van der Waals surface area contributed by atoms with Crippen LogP contribution in [0.3, 0.4) is 0 Å². The molecule has 43 heavy (non-hydrogen) atoms. The van der Waals surface area contributed by atoms with Crippen LogP contribution in [-0.4, -0.2) is 9.55 Å². The number of benzene rings is 4. The summed E-state index contributed by atoms with van der Waals surface area (Å²) in [4.78, 5) is 4.89. The first kappa shape index (κ1) is 25.8. The van der Waals surface area contributed by atoms with Crippen molar-refractivity contribution < 1.29 is 13.4 Å². The van der Waals surface area contributed by atoms with Crippen LogP contribution in [0.4, 0.5) is 0 Å². The van der Waals surface area contributed by atoms with E-state index in [0.717, 1.165) is 49.7 Å². The van der Waals surface area contributed by atoms with Crippen LogP contribution in [0, 0.1) is 6.92 Å². The smallest absolute Gasteiger partial charge is 0.299 e. The molecule has 4 aromatic heterocycles. The van der Waals surface area contributed by atoms with Crippen molar-refractivity contribution in [3.63, 3.8) is 0 Å². The predicted molar refractivity (Wildman–Crippen MR) is 175 cm³/mol. The lowest BCUT2D eigenvalue weighted by atomic mass is 9.92. The lowest BCUT2D eigenvalue weighted by Crippen LogP contribution is -2.30. The zero-order valence-corrected chi connectivity index (χ0v) is 25.4. The van der Waals surface area contributed by atoms with Gasteiger partial charge in [-0.3, -0.25) is 0 Å². The quantitative estimate of drug-likeness (QED) is 0.200. The average Bonchev–Trinajstić information content (AvgIpc) is 3.64. The number of aryl methyl sites for hydroxylation is 2. The van der Waals surface area contributed by atoms with Crippen LogP contribution < -0.4 is 4.57 Å². The molecule has 0 amide bonds. The summed E-state index contributed by atoms with van der Waals surface area (Å²) in [5.41, 5.74) is 11.3. The van der Waals surface area contributed by atoms with Crippen LogP contribution in [-0.2, 0) is 7.05 Å². The number of imidazole rings is 1. The summed E-state index contributed by atoms with van der Waals surface area (Å²) in [5, 5.41) is 4.10. The van der Waals surface area contributed by atoms with Crippen molar-refractivity contribution in [1.82, 2.24) is 9.55 Å². The molecule has 0 N–H and O–H groups in total. The summed E-state index contributed by atoms with van der Waals surface area (Å²) in [6.07, 6.45) is 0. The zero-order valence-electron chi connectivity index (χ0n) is 25.4. The zero-order chi connectivity index (χ0) is 29.6. The third-order valence-corrected chi connectivity index (χ3v) is 8.99. The van der Waals surface area contributed by atoms with Gasteiger partial charge < -0.3 is 8.83 Å². The standard InChI is InChI=1S/C38H34N3O2/c1-21(2)24-13-11-14-25(22(3)4)34(24)41-31-16-9-8-15-30(31)40(6)38(41)33-23(5)18-19-27-29-20-28-26-12-7-10-17-32(26)42-36(28)39-37(29)43-35(27)33/h7-22H,1-6H3/q+1. The summed E-state index contributed by atoms with van der Waals surface area (Å²) in [5.74, 6) is 1.80. The largest absolute Gasteiger partial charge is 0.438 e. The molecule has 0 spiro atoms. The van der Waals surface area contributed by atoms with E-state index in [2.05, 4.69) is 118 Å². The molecule has 0 aliphatic heterocycles. The molecule has 5 nitrogen and oxygen atoms in total. The number of hydrogen-bond donors (Lipinski definition) is 0. The highest BCUT2D eigenvalue weighted by Gasteiger charge is 2.33. The van der Waals surface area contributed by atoms with Gasteiger partial charge in [-0.1, -0.05) is 88.4 Å². The predicted octanol–water partition coefficient (Wildman–Crippen LogP) is 9.87. The number of hydrogen-bond acceptors (Lipinski definition) is 3. The highest BCUT2D eigenvalue weighted by molar-refractivity contribution is 6.14. The molecule has 0 aliphatic carbocycles. The fourth-order valence-electron chi connectivity index (χ4n) is 6.87. The van der Waals surface area contributed by atoms with Gasteiger partial charge in [0.05, 0.1) is 7.05 Å². The first-order valence-electron chi connectivity index (χ1n) is 15.1. The number of aromatic nitrogens is 3. The van der Waals surface area contributed by atoms with Crippen molar-refractivity contribution in [3.8, 4) is 17.1 Å². The SMILES string of the molecule is Cc1ccc2c(oc3nc4oc5ccccc5c4cc32)c1-c1n(-c2c(C(C)C)cccc2C(C)C)c2ccccc2[n+]1C. The van der Waals surface area contributed by atoms with Crippen LogP contribution in [0.1, 0.15) is 56.2 Å². The molecular formula is C38H34N3O2+. The van der Waals surface area contributed by atoms with Gasteiger partial charge in [0.15, 0.2) is 16.6 Å². The van der Waals surface area contributed by atoms with Gasteiger partial charge >= 0.3 is 0 Å². The van der Waals surface area contributed by atoms with Crippen LogP contribution in [0.5, 0.6) is 0 Å². The van der Waals surface area contributed by atoms with Gasteiger partial charge in [0.25, 0.3) is 5.82 Å². The van der Waals surface area contributed by atoms with Crippen LogP contribution in [0.15, 0.2) is 93.8 Å². The molecule has 0 fully saturated rings. The number of para-hydroxylation sites is 4. The maximum absolute atomic E-state index is 6.72. The van der Waals surface area contributed by atoms with Gasteiger partial charge in [0.2, 0.25) is 11.4 Å². The highest BCUT2D eigenvalue weighted by atomic mass is 16.4. The molecule has 4 heterocycles. The summed E-state index contributed by atoms with van der Waals surface area (Å²) in [7, 11) is 2.17. The molecule has 4 aromatic carbocycles. The molecule has 212 valence electrons. The first-order chi connectivity index (χ1) is 20.8. The highest BCUT2D eigenvalue weighted by Crippen LogP contribution is 2.42. The topological polar surface area (TPSA) is 48.0 Å². The van der Waals surface area contributed by atoms with Gasteiger partial charge in [-0.25, -0.2) is 4.57 Å². The van der Waals surface area contributed by atoms with E-state index in [9.17, 15) is 0 Å². The van der Waals surface area contributed by atoms with Crippen molar-refractivity contribution in [2.75, 3.05) is 0 Å².